The monoisotopic (exact) mass is 297 g/mol. The standard InChI is InChI=1S/C13H15NO5S/c1-20-7-6-10(13(18)19)14-11(15)8-4-2-3-5-9(8)12(16)17/h2-5,10H,6-7H2,1H3,(H,14,15)(H,16,17)(H,18,19)/t10-/m1/s1. The molecule has 0 radical (unpaired) electrons. The highest BCUT2D eigenvalue weighted by molar-refractivity contribution is 7.98. The number of carboxylic acids is 2. The van der Waals surface area contributed by atoms with Gasteiger partial charge in [0, 0.05) is 0 Å². The summed E-state index contributed by atoms with van der Waals surface area (Å²) in [5, 5.41) is 20.4. The number of carbonyl (C=O) groups is 3. The van der Waals surface area contributed by atoms with Crippen LogP contribution in [-0.2, 0) is 4.79 Å². The molecule has 0 aliphatic heterocycles. The first-order valence-corrected chi connectivity index (χ1v) is 7.21. The van der Waals surface area contributed by atoms with Crippen LogP contribution in [0.5, 0.6) is 0 Å². The average molecular weight is 297 g/mol. The summed E-state index contributed by atoms with van der Waals surface area (Å²) >= 11 is 1.47. The van der Waals surface area contributed by atoms with Crippen LogP contribution in [0.25, 0.3) is 0 Å². The van der Waals surface area contributed by atoms with Crippen LogP contribution < -0.4 is 5.32 Å². The molecule has 6 nitrogen and oxygen atoms in total. The zero-order valence-electron chi connectivity index (χ0n) is 10.8. The molecule has 0 heterocycles. The molecule has 1 aromatic rings. The van der Waals surface area contributed by atoms with Gasteiger partial charge in [-0.05, 0) is 30.6 Å². The van der Waals surface area contributed by atoms with Gasteiger partial charge in [-0.3, -0.25) is 4.79 Å². The van der Waals surface area contributed by atoms with E-state index in [-0.39, 0.29) is 17.5 Å². The first-order chi connectivity index (χ1) is 9.47. The van der Waals surface area contributed by atoms with Crippen molar-refractivity contribution in [1.29, 1.82) is 0 Å². The highest BCUT2D eigenvalue weighted by Gasteiger charge is 2.22. The summed E-state index contributed by atoms with van der Waals surface area (Å²) in [5.41, 5.74) is -0.200. The maximum Gasteiger partial charge on any atom is 0.336 e. The van der Waals surface area contributed by atoms with Gasteiger partial charge >= 0.3 is 11.9 Å². The number of aromatic carboxylic acids is 1. The Hall–Kier alpha value is -2.02. The van der Waals surface area contributed by atoms with Gasteiger partial charge in [0.05, 0.1) is 11.1 Å². The second kappa shape index (κ2) is 7.54. The molecule has 1 atom stereocenters. The second-order valence-corrected chi connectivity index (χ2v) is 4.98. The molecule has 0 aliphatic carbocycles. The number of hydrogen-bond donors (Lipinski definition) is 3. The lowest BCUT2D eigenvalue weighted by atomic mass is 10.1. The summed E-state index contributed by atoms with van der Waals surface area (Å²) in [4.78, 5) is 34.1. The summed E-state index contributed by atoms with van der Waals surface area (Å²) in [7, 11) is 0. The van der Waals surface area contributed by atoms with Crippen LogP contribution >= 0.6 is 11.8 Å². The number of carboxylic acid groups (broad SMARTS) is 2. The largest absolute Gasteiger partial charge is 0.480 e. The molecular weight excluding hydrogens is 282 g/mol. The molecular formula is C13H15NO5S. The third-order valence-corrected chi connectivity index (χ3v) is 3.26. The number of thioether (sulfide) groups is 1. The molecule has 20 heavy (non-hydrogen) atoms. The van der Waals surface area contributed by atoms with Gasteiger partial charge in [-0.2, -0.15) is 11.8 Å². The Labute approximate surface area is 120 Å². The van der Waals surface area contributed by atoms with Crippen molar-refractivity contribution in [3.05, 3.63) is 35.4 Å². The topological polar surface area (TPSA) is 104 Å². The fourth-order valence-electron chi connectivity index (χ4n) is 1.60. The lowest BCUT2D eigenvalue weighted by molar-refractivity contribution is -0.139. The van der Waals surface area contributed by atoms with Crippen molar-refractivity contribution in [2.75, 3.05) is 12.0 Å². The van der Waals surface area contributed by atoms with E-state index >= 15 is 0 Å². The van der Waals surface area contributed by atoms with Gasteiger partial charge in [0.25, 0.3) is 5.91 Å². The molecule has 0 unspecified atom stereocenters. The SMILES string of the molecule is CSCC[C@@H](NC(=O)c1ccccc1C(=O)O)C(=O)O. The van der Waals surface area contributed by atoms with Crippen LogP contribution in [0.3, 0.4) is 0 Å². The molecule has 7 heteroatoms. The van der Waals surface area contributed by atoms with Crippen LogP contribution in [0.1, 0.15) is 27.1 Å². The summed E-state index contributed by atoms with van der Waals surface area (Å²) in [6.45, 7) is 0. The fourth-order valence-corrected chi connectivity index (χ4v) is 2.07. The van der Waals surface area contributed by atoms with Crippen LogP contribution in [-0.4, -0.2) is 46.1 Å². The van der Waals surface area contributed by atoms with Crippen molar-refractivity contribution in [3.63, 3.8) is 0 Å². The molecule has 3 N–H and O–H groups in total. The van der Waals surface area contributed by atoms with E-state index in [1.54, 1.807) is 0 Å². The van der Waals surface area contributed by atoms with E-state index in [9.17, 15) is 14.4 Å². The first-order valence-electron chi connectivity index (χ1n) is 5.82. The molecule has 0 spiro atoms. The lowest BCUT2D eigenvalue weighted by Crippen LogP contribution is -2.41. The molecule has 1 amide bonds. The maximum absolute atomic E-state index is 12.0. The summed E-state index contributed by atoms with van der Waals surface area (Å²) in [5.74, 6) is -2.49. The van der Waals surface area contributed by atoms with Crippen LogP contribution in [0, 0.1) is 0 Å². The van der Waals surface area contributed by atoms with Crippen LogP contribution in [0.2, 0.25) is 0 Å². The minimum atomic E-state index is -1.23. The molecule has 108 valence electrons. The number of hydrogen-bond acceptors (Lipinski definition) is 4. The summed E-state index contributed by atoms with van der Waals surface area (Å²) in [6, 6.07) is 4.65. The van der Waals surface area contributed by atoms with Gasteiger partial charge in [0.1, 0.15) is 6.04 Å². The van der Waals surface area contributed by atoms with Crippen molar-refractivity contribution in [3.8, 4) is 0 Å². The predicted octanol–water partition coefficient (Wildman–Crippen LogP) is 1.32. The van der Waals surface area contributed by atoms with E-state index in [0.717, 1.165) is 0 Å². The van der Waals surface area contributed by atoms with Crippen LogP contribution in [0.4, 0.5) is 0 Å². The van der Waals surface area contributed by atoms with Gasteiger partial charge in [-0.15, -0.1) is 0 Å². The van der Waals surface area contributed by atoms with Crippen LogP contribution in [0.15, 0.2) is 24.3 Å². The average Bonchev–Trinajstić information content (AvgIpc) is 2.42. The van der Waals surface area contributed by atoms with E-state index in [2.05, 4.69) is 5.32 Å². The molecule has 0 aliphatic rings. The Bertz CT molecular complexity index is 517. The molecule has 0 saturated carbocycles. The Kier molecular flexibility index (Phi) is 6.05. The smallest absolute Gasteiger partial charge is 0.336 e. The van der Waals surface area contributed by atoms with Crippen molar-refractivity contribution in [2.45, 2.75) is 12.5 Å². The highest BCUT2D eigenvalue weighted by Crippen LogP contribution is 2.10. The number of carbonyl (C=O) groups excluding carboxylic acids is 1. The highest BCUT2D eigenvalue weighted by atomic mass is 32.2. The Morgan fingerprint density at radius 3 is 2.30 bits per heavy atom. The summed E-state index contributed by atoms with van der Waals surface area (Å²) < 4.78 is 0. The van der Waals surface area contributed by atoms with Crippen molar-refractivity contribution < 1.29 is 24.6 Å². The minimum Gasteiger partial charge on any atom is -0.480 e. The van der Waals surface area contributed by atoms with Gasteiger partial charge in [-0.1, -0.05) is 12.1 Å². The maximum atomic E-state index is 12.0. The Balaban J connectivity index is 2.89. The number of benzene rings is 1. The van der Waals surface area contributed by atoms with E-state index in [1.165, 1.54) is 36.0 Å². The minimum absolute atomic E-state index is 0.0459. The molecule has 0 aromatic heterocycles. The molecule has 0 saturated heterocycles. The van der Waals surface area contributed by atoms with E-state index in [4.69, 9.17) is 10.2 Å². The molecule has 1 rings (SSSR count). The van der Waals surface area contributed by atoms with Gasteiger partial charge in [0.2, 0.25) is 0 Å². The zero-order valence-corrected chi connectivity index (χ0v) is 11.6. The fraction of sp³-hybridized carbons (Fsp3) is 0.308. The first kappa shape index (κ1) is 16.0. The van der Waals surface area contributed by atoms with Crippen molar-refractivity contribution in [1.82, 2.24) is 5.32 Å². The van der Waals surface area contributed by atoms with E-state index in [1.807, 2.05) is 6.26 Å². The van der Waals surface area contributed by atoms with Gasteiger partial charge in [-0.25, -0.2) is 9.59 Å². The number of aliphatic carboxylic acids is 1. The number of amides is 1. The third kappa shape index (κ3) is 4.27. The Morgan fingerprint density at radius 2 is 1.80 bits per heavy atom. The van der Waals surface area contributed by atoms with Gasteiger partial charge in [0.15, 0.2) is 0 Å². The molecule has 0 fully saturated rings. The van der Waals surface area contributed by atoms with Crippen molar-refractivity contribution in [2.24, 2.45) is 0 Å². The summed E-state index contributed by atoms with van der Waals surface area (Å²) in [6.07, 6.45) is 2.11. The quantitative estimate of drug-likeness (QED) is 0.701. The third-order valence-electron chi connectivity index (χ3n) is 2.62. The second-order valence-electron chi connectivity index (χ2n) is 4.00. The normalized spacial score (nSPS) is 11.7. The lowest BCUT2D eigenvalue weighted by Gasteiger charge is -2.14. The predicted molar refractivity (Wildman–Crippen MR) is 75.3 cm³/mol. The van der Waals surface area contributed by atoms with E-state index < -0.39 is 23.9 Å². The molecule has 1 aromatic carbocycles. The zero-order chi connectivity index (χ0) is 15.1. The Morgan fingerprint density at radius 1 is 1.20 bits per heavy atom. The number of rotatable bonds is 7. The number of nitrogens with one attached hydrogen (secondary N) is 1. The van der Waals surface area contributed by atoms with Gasteiger partial charge < -0.3 is 15.5 Å². The molecule has 0 bridgehead atoms. The van der Waals surface area contributed by atoms with Crippen molar-refractivity contribution >= 4 is 29.6 Å². The van der Waals surface area contributed by atoms with E-state index in [0.29, 0.717) is 5.75 Å².